The number of rotatable bonds is 5. The molecule has 4 rings (SSSR count). The Hall–Kier alpha value is -3.39. The zero-order valence-electron chi connectivity index (χ0n) is 16.6. The van der Waals surface area contributed by atoms with Crippen molar-refractivity contribution in [2.45, 2.75) is 25.2 Å². The van der Waals surface area contributed by atoms with Crippen molar-refractivity contribution in [3.63, 3.8) is 0 Å². The zero-order valence-corrected chi connectivity index (χ0v) is 17.4. The van der Waals surface area contributed by atoms with Gasteiger partial charge in [-0.2, -0.15) is 8.42 Å². The lowest BCUT2D eigenvalue weighted by molar-refractivity contribution is 0.0996. The van der Waals surface area contributed by atoms with Crippen LogP contribution in [0, 0.1) is 5.92 Å². The predicted octanol–water partition coefficient (Wildman–Crippen LogP) is 4.82. The van der Waals surface area contributed by atoms with Gasteiger partial charge in [0.15, 0.2) is 5.76 Å². The first-order chi connectivity index (χ1) is 14.4. The molecule has 2 heterocycles. The maximum absolute atomic E-state index is 13.0. The first-order valence-electron chi connectivity index (χ1n) is 9.59. The Morgan fingerprint density at radius 3 is 2.57 bits per heavy atom. The van der Waals surface area contributed by atoms with Gasteiger partial charge in [-0.1, -0.05) is 32.0 Å². The number of carbonyl (C=O) groups excluding carboxylic acids is 1. The van der Waals surface area contributed by atoms with Gasteiger partial charge in [0.05, 0.1) is 12.0 Å². The summed E-state index contributed by atoms with van der Waals surface area (Å²) in [7, 11) is -3.93. The standard InChI is InChI=1S/C22H21N3O4S/c1-3-15(2)21-24-30(27,28)20-14-16(23-22(26)19-10-7-13-29-19)11-12-18(20)25(21)17-8-5-4-6-9-17/h4-15H,3H2,1-2H3,(H,23,26)/t15-/m0/s1. The molecule has 0 unspecified atom stereocenters. The van der Waals surface area contributed by atoms with Gasteiger partial charge in [0, 0.05) is 17.3 Å². The van der Waals surface area contributed by atoms with E-state index in [0.29, 0.717) is 17.2 Å². The Bertz CT molecular complexity index is 1200. The molecule has 3 aromatic rings. The molecule has 154 valence electrons. The van der Waals surface area contributed by atoms with Crippen LogP contribution in [0.3, 0.4) is 0 Å². The lowest BCUT2D eigenvalue weighted by atomic mass is 10.1. The number of carbonyl (C=O) groups is 1. The third-order valence-corrected chi connectivity index (χ3v) is 6.30. The molecule has 0 fully saturated rings. The molecule has 1 atom stereocenters. The van der Waals surface area contributed by atoms with E-state index in [1.165, 1.54) is 18.4 Å². The number of sulfonamides is 1. The van der Waals surface area contributed by atoms with Crippen LogP contribution in [0.2, 0.25) is 0 Å². The Labute approximate surface area is 175 Å². The van der Waals surface area contributed by atoms with Gasteiger partial charge >= 0.3 is 0 Å². The minimum absolute atomic E-state index is 0.0376. The summed E-state index contributed by atoms with van der Waals surface area (Å²) in [5, 5.41) is 2.67. The number of hydrogen-bond acceptors (Lipinski definition) is 5. The summed E-state index contributed by atoms with van der Waals surface area (Å²) in [6.07, 6.45) is 2.14. The van der Waals surface area contributed by atoms with Crippen molar-refractivity contribution in [2.24, 2.45) is 10.3 Å². The van der Waals surface area contributed by atoms with E-state index in [-0.39, 0.29) is 16.6 Å². The van der Waals surface area contributed by atoms with Crippen LogP contribution in [0.1, 0.15) is 30.8 Å². The van der Waals surface area contributed by atoms with E-state index in [1.54, 1.807) is 18.2 Å². The molecular weight excluding hydrogens is 402 g/mol. The molecule has 8 heteroatoms. The number of furan rings is 1. The Balaban J connectivity index is 1.81. The van der Waals surface area contributed by atoms with E-state index in [4.69, 9.17) is 4.42 Å². The molecule has 1 amide bonds. The van der Waals surface area contributed by atoms with E-state index >= 15 is 0 Å². The number of fused-ring (bicyclic) bond motifs is 1. The molecule has 0 saturated heterocycles. The van der Waals surface area contributed by atoms with Crippen LogP contribution in [-0.4, -0.2) is 20.2 Å². The first-order valence-corrected chi connectivity index (χ1v) is 11.0. The van der Waals surface area contributed by atoms with E-state index in [1.807, 2.05) is 49.1 Å². The Kier molecular flexibility index (Phi) is 5.17. The summed E-state index contributed by atoms with van der Waals surface area (Å²) in [6, 6.07) is 17.4. The van der Waals surface area contributed by atoms with Crippen LogP contribution in [0.15, 0.2) is 80.6 Å². The third kappa shape index (κ3) is 3.61. The SMILES string of the molecule is CC[C@H](C)C1=NS(=O)(=O)c2cc(NC(=O)c3ccco3)ccc2N1c1ccccc1. The van der Waals surface area contributed by atoms with Crippen LogP contribution in [0.4, 0.5) is 17.1 Å². The molecule has 0 radical (unpaired) electrons. The van der Waals surface area contributed by atoms with Crippen LogP contribution in [0.5, 0.6) is 0 Å². The molecule has 7 nitrogen and oxygen atoms in total. The van der Waals surface area contributed by atoms with Crippen LogP contribution >= 0.6 is 0 Å². The summed E-state index contributed by atoms with van der Waals surface area (Å²) in [5.41, 5.74) is 1.66. The van der Waals surface area contributed by atoms with Crippen molar-refractivity contribution in [3.8, 4) is 0 Å². The van der Waals surface area contributed by atoms with Crippen molar-refractivity contribution < 1.29 is 17.6 Å². The quantitative estimate of drug-likeness (QED) is 0.635. The number of amides is 1. The molecule has 1 aliphatic heterocycles. The highest BCUT2D eigenvalue weighted by molar-refractivity contribution is 7.90. The fourth-order valence-electron chi connectivity index (χ4n) is 3.26. The van der Waals surface area contributed by atoms with Crippen molar-refractivity contribution in [2.75, 3.05) is 10.2 Å². The Morgan fingerprint density at radius 2 is 1.90 bits per heavy atom. The maximum Gasteiger partial charge on any atom is 0.291 e. The topological polar surface area (TPSA) is 92.0 Å². The zero-order chi connectivity index (χ0) is 21.3. The fraction of sp³-hybridized carbons (Fsp3) is 0.182. The Morgan fingerprint density at radius 1 is 1.13 bits per heavy atom. The summed E-state index contributed by atoms with van der Waals surface area (Å²) in [6.45, 7) is 3.94. The molecule has 0 bridgehead atoms. The highest BCUT2D eigenvalue weighted by Gasteiger charge is 2.34. The number of hydrogen-bond donors (Lipinski definition) is 1. The highest BCUT2D eigenvalue weighted by atomic mass is 32.2. The normalized spacial score (nSPS) is 15.8. The van der Waals surface area contributed by atoms with Gasteiger partial charge in [-0.25, -0.2) is 0 Å². The van der Waals surface area contributed by atoms with Gasteiger partial charge in [-0.05, 0) is 48.9 Å². The molecule has 1 N–H and O–H groups in total. The van der Waals surface area contributed by atoms with E-state index in [0.717, 1.165) is 12.1 Å². The summed E-state index contributed by atoms with van der Waals surface area (Å²) in [4.78, 5) is 14.2. The molecule has 1 aromatic heterocycles. The maximum atomic E-state index is 13.0. The van der Waals surface area contributed by atoms with Gasteiger partial charge in [0.25, 0.3) is 15.9 Å². The number of nitrogens with one attached hydrogen (secondary N) is 1. The van der Waals surface area contributed by atoms with Crippen LogP contribution in [-0.2, 0) is 10.0 Å². The van der Waals surface area contributed by atoms with Crippen molar-refractivity contribution in [1.82, 2.24) is 0 Å². The summed E-state index contributed by atoms with van der Waals surface area (Å²) < 4.78 is 35.2. The van der Waals surface area contributed by atoms with Crippen LogP contribution < -0.4 is 10.2 Å². The molecule has 1 aliphatic rings. The molecule has 2 aromatic carbocycles. The number of anilines is 3. The number of amidine groups is 1. The monoisotopic (exact) mass is 423 g/mol. The average molecular weight is 423 g/mol. The number of para-hydroxylation sites is 1. The highest BCUT2D eigenvalue weighted by Crippen LogP contribution is 2.40. The summed E-state index contributed by atoms with van der Waals surface area (Å²) in [5.74, 6) is 0.0884. The van der Waals surface area contributed by atoms with Gasteiger partial charge in [0.1, 0.15) is 10.7 Å². The summed E-state index contributed by atoms with van der Waals surface area (Å²) >= 11 is 0. The molecule has 0 aliphatic carbocycles. The second-order valence-electron chi connectivity index (χ2n) is 7.02. The van der Waals surface area contributed by atoms with Crippen molar-refractivity contribution in [3.05, 3.63) is 72.7 Å². The predicted molar refractivity (Wildman–Crippen MR) is 116 cm³/mol. The van der Waals surface area contributed by atoms with E-state index in [2.05, 4.69) is 9.71 Å². The number of benzene rings is 2. The van der Waals surface area contributed by atoms with Gasteiger partial charge in [-0.3, -0.25) is 9.69 Å². The second-order valence-corrected chi connectivity index (χ2v) is 8.59. The largest absolute Gasteiger partial charge is 0.459 e. The first kappa shape index (κ1) is 19.9. The van der Waals surface area contributed by atoms with Crippen LogP contribution in [0.25, 0.3) is 0 Å². The lowest BCUT2D eigenvalue weighted by Crippen LogP contribution is -2.36. The van der Waals surface area contributed by atoms with Gasteiger partial charge < -0.3 is 9.73 Å². The third-order valence-electron chi connectivity index (χ3n) is 4.99. The van der Waals surface area contributed by atoms with Gasteiger partial charge in [0.2, 0.25) is 0 Å². The van der Waals surface area contributed by atoms with Gasteiger partial charge in [-0.15, -0.1) is 4.40 Å². The van der Waals surface area contributed by atoms with E-state index in [9.17, 15) is 13.2 Å². The average Bonchev–Trinajstić information content (AvgIpc) is 3.29. The number of nitrogens with zero attached hydrogens (tertiary/aromatic N) is 2. The van der Waals surface area contributed by atoms with E-state index < -0.39 is 15.9 Å². The molecule has 30 heavy (non-hydrogen) atoms. The molecule has 0 spiro atoms. The smallest absolute Gasteiger partial charge is 0.291 e. The van der Waals surface area contributed by atoms with Crippen molar-refractivity contribution >= 4 is 38.8 Å². The minimum atomic E-state index is -3.93. The molecule has 0 saturated carbocycles. The second kappa shape index (κ2) is 7.79. The molecular formula is C22H21N3O4S. The minimum Gasteiger partial charge on any atom is -0.459 e. The lowest BCUT2D eigenvalue weighted by Gasteiger charge is -2.33. The van der Waals surface area contributed by atoms with Crippen molar-refractivity contribution in [1.29, 1.82) is 0 Å². The fourth-order valence-corrected chi connectivity index (χ4v) is 4.57.